The van der Waals surface area contributed by atoms with Crippen LogP contribution in [-0.4, -0.2) is 6.54 Å². The van der Waals surface area contributed by atoms with Crippen LogP contribution in [0.2, 0.25) is 5.02 Å². The molecule has 0 aromatic heterocycles. The van der Waals surface area contributed by atoms with Crippen molar-refractivity contribution in [1.29, 1.82) is 0 Å². The molecule has 0 amide bonds. The molecule has 18 heavy (non-hydrogen) atoms. The zero-order chi connectivity index (χ0) is 13.0. The van der Waals surface area contributed by atoms with Gasteiger partial charge in [-0.3, -0.25) is 0 Å². The van der Waals surface area contributed by atoms with E-state index in [1.54, 1.807) is 6.07 Å². The van der Waals surface area contributed by atoms with Crippen molar-refractivity contribution in [2.75, 3.05) is 6.54 Å². The summed E-state index contributed by atoms with van der Waals surface area (Å²) in [4.78, 5) is 0. The second-order valence-electron chi connectivity index (χ2n) is 3.82. The van der Waals surface area contributed by atoms with Crippen molar-refractivity contribution in [2.45, 2.75) is 6.10 Å². The number of benzene rings is 2. The summed E-state index contributed by atoms with van der Waals surface area (Å²) < 4.78 is 6.88. The van der Waals surface area contributed by atoms with Gasteiger partial charge in [-0.1, -0.05) is 51.8 Å². The highest BCUT2D eigenvalue weighted by Crippen LogP contribution is 2.28. The van der Waals surface area contributed by atoms with E-state index in [1.807, 2.05) is 42.5 Å². The minimum atomic E-state index is -0.196. The fourth-order valence-electron chi connectivity index (χ4n) is 1.62. The Morgan fingerprint density at radius 1 is 1.11 bits per heavy atom. The molecule has 2 nitrogen and oxygen atoms in total. The third-order valence-electron chi connectivity index (χ3n) is 2.56. The second kappa shape index (κ2) is 6.23. The van der Waals surface area contributed by atoms with E-state index in [9.17, 15) is 0 Å². The monoisotopic (exact) mass is 325 g/mol. The number of halogens is 2. The van der Waals surface area contributed by atoms with Crippen LogP contribution in [0.5, 0.6) is 5.75 Å². The number of rotatable bonds is 4. The lowest BCUT2D eigenvalue weighted by Gasteiger charge is -2.18. The fraction of sp³-hybridized carbons (Fsp3) is 0.143. The van der Waals surface area contributed by atoms with Gasteiger partial charge in [0.1, 0.15) is 11.9 Å². The minimum Gasteiger partial charge on any atom is -0.483 e. The molecule has 94 valence electrons. The van der Waals surface area contributed by atoms with Crippen LogP contribution in [0.1, 0.15) is 11.7 Å². The number of hydrogen-bond donors (Lipinski definition) is 1. The van der Waals surface area contributed by atoms with Crippen molar-refractivity contribution < 1.29 is 4.74 Å². The summed E-state index contributed by atoms with van der Waals surface area (Å²) in [5, 5.41) is 0.591. The SMILES string of the molecule is NCC(Oc1ccccc1Cl)c1ccc(Br)cc1. The number of nitrogens with two attached hydrogens (primary N) is 1. The van der Waals surface area contributed by atoms with Crippen molar-refractivity contribution in [1.82, 2.24) is 0 Å². The predicted octanol–water partition coefficient (Wildman–Crippen LogP) is 4.18. The molecule has 2 aromatic rings. The maximum Gasteiger partial charge on any atom is 0.138 e. The largest absolute Gasteiger partial charge is 0.483 e. The summed E-state index contributed by atoms with van der Waals surface area (Å²) in [5.74, 6) is 0.650. The van der Waals surface area contributed by atoms with E-state index in [4.69, 9.17) is 22.1 Å². The molecule has 0 heterocycles. The third kappa shape index (κ3) is 3.25. The van der Waals surface area contributed by atoms with Crippen LogP contribution in [0.25, 0.3) is 0 Å². The second-order valence-corrected chi connectivity index (χ2v) is 5.15. The quantitative estimate of drug-likeness (QED) is 0.914. The van der Waals surface area contributed by atoms with Crippen LogP contribution >= 0.6 is 27.5 Å². The Morgan fingerprint density at radius 2 is 1.78 bits per heavy atom. The van der Waals surface area contributed by atoms with Gasteiger partial charge < -0.3 is 10.5 Å². The molecule has 0 bridgehead atoms. The van der Waals surface area contributed by atoms with Gasteiger partial charge in [0, 0.05) is 11.0 Å². The van der Waals surface area contributed by atoms with E-state index < -0.39 is 0 Å². The molecule has 0 aliphatic carbocycles. The Hall–Kier alpha value is -1.03. The van der Waals surface area contributed by atoms with Gasteiger partial charge in [0.2, 0.25) is 0 Å². The van der Waals surface area contributed by atoms with Gasteiger partial charge in [-0.15, -0.1) is 0 Å². The first-order chi connectivity index (χ1) is 8.70. The van der Waals surface area contributed by atoms with Gasteiger partial charge in [0.25, 0.3) is 0 Å². The first-order valence-electron chi connectivity index (χ1n) is 5.57. The highest BCUT2D eigenvalue weighted by Gasteiger charge is 2.12. The Bertz CT molecular complexity index is 515. The Labute approximate surface area is 120 Å². The zero-order valence-corrected chi connectivity index (χ0v) is 12.0. The molecule has 2 aromatic carbocycles. The minimum absolute atomic E-state index is 0.196. The molecule has 0 spiro atoms. The van der Waals surface area contributed by atoms with Gasteiger partial charge in [-0.2, -0.15) is 0 Å². The lowest BCUT2D eigenvalue weighted by Crippen LogP contribution is -2.18. The van der Waals surface area contributed by atoms with Crippen LogP contribution < -0.4 is 10.5 Å². The highest BCUT2D eigenvalue weighted by atomic mass is 79.9. The van der Waals surface area contributed by atoms with Crippen molar-refractivity contribution >= 4 is 27.5 Å². The van der Waals surface area contributed by atoms with E-state index in [0.29, 0.717) is 17.3 Å². The molecule has 0 saturated carbocycles. The predicted molar refractivity (Wildman–Crippen MR) is 78.0 cm³/mol. The van der Waals surface area contributed by atoms with Gasteiger partial charge in [-0.25, -0.2) is 0 Å². The van der Waals surface area contributed by atoms with Crippen LogP contribution in [0.3, 0.4) is 0 Å². The average Bonchev–Trinajstić information content (AvgIpc) is 2.39. The maximum absolute atomic E-state index is 6.06. The summed E-state index contributed by atoms with van der Waals surface area (Å²) in [6.07, 6.45) is -0.196. The van der Waals surface area contributed by atoms with Crippen LogP contribution in [0.4, 0.5) is 0 Å². The molecular formula is C14H13BrClNO. The summed E-state index contributed by atoms with van der Waals surface area (Å²) in [6, 6.07) is 15.3. The molecule has 4 heteroatoms. The Balaban J connectivity index is 2.20. The first-order valence-corrected chi connectivity index (χ1v) is 6.74. The fourth-order valence-corrected chi connectivity index (χ4v) is 2.07. The Morgan fingerprint density at radius 3 is 2.39 bits per heavy atom. The molecule has 0 aliphatic rings. The Kier molecular flexibility index (Phi) is 4.64. The molecule has 0 radical (unpaired) electrons. The molecule has 0 fully saturated rings. The summed E-state index contributed by atoms with van der Waals surface area (Å²) in [5.41, 5.74) is 6.79. The molecular weight excluding hydrogens is 314 g/mol. The standard InChI is InChI=1S/C14H13BrClNO/c15-11-7-5-10(6-8-11)14(9-17)18-13-4-2-1-3-12(13)16/h1-8,14H,9,17H2. The van der Waals surface area contributed by atoms with Crippen LogP contribution in [0, 0.1) is 0 Å². The van der Waals surface area contributed by atoms with Crippen molar-refractivity contribution in [3.05, 3.63) is 63.6 Å². The topological polar surface area (TPSA) is 35.2 Å². The summed E-state index contributed by atoms with van der Waals surface area (Å²) in [6.45, 7) is 0.396. The van der Waals surface area contributed by atoms with E-state index in [0.717, 1.165) is 10.0 Å². The average molecular weight is 327 g/mol. The van der Waals surface area contributed by atoms with Gasteiger partial charge >= 0.3 is 0 Å². The van der Waals surface area contributed by atoms with Crippen LogP contribution in [0.15, 0.2) is 53.0 Å². The molecule has 2 N–H and O–H groups in total. The maximum atomic E-state index is 6.06. The van der Waals surface area contributed by atoms with E-state index in [-0.39, 0.29) is 6.10 Å². The summed E-state index contributed by atoms with van der Waals surface area (Å²) >= 11 is 9.47. The zero-order valence-electron chi connectivity index (χ0n) is 9.64. The van der Waals surface area contributed by atoms with E-state index in [2.05, 4.69) is 15.9 Å². The number of hydrogen-bond acceptors (Lipinski definition) is 2. The van der Waals surface area contributed by atoms with Gasteiger partial charge in [-0.05, 0) is 29.8 Å². The molecule has 0 saturated heterocycles. The lowest BCUT2D eigenvalue weighted by molar-refractivity contribution is 0.214. The first kappa shape index (κ1) is 13.4. The van der Waals surface area contributed by atoms with Crippen molar-refractivity contribution in [2.24, 2.45) is 5.73 Å². The lowest BCUT2D eigenvalue weighted by atomic mass is 10.1. The van der Waals surface area contributed by atoms with Crippen LogP contribution in [-0.2, 0) is 0 Å². The molecule has 1 unspecified atom stereocenters. The number of para-hydroxylation sites is 1. The molecule has 0 aliphatic heterocycles. The number of ether oxygens (including phenoxy) is 1. The van der Waals surface area contributed by atoms with E-state index in [1.165, 1.54) is 0 Å². The normalized spacial score (nSPS) is 12.2. The van der Waals surface area contributed by atoms with E-state index >= 15 is 0 Å². The third-order valence-corrected chi connectivity index (χ3v) is 3.40. The molecule has 1 atom stereocenters. The molecule has 2 rings (SSSR count). The van der Waals surface area contributed by atoms with Crippen molar-refractivity contribution in [3.8, 4) is 5.75 Å². The highest BCUT2D eigenvalue weighted by molar-refractivity contribution is 9.10. The van der Waals surface area contributed by atoms with Gasteiger partial charge in [0.15, 0.2) is 0 Å². The van der Waals surface area contributed by atoms with Gasteiger partial charge in [0.05, 0.1) is 5.02 Å². The smallest absolute Gasteiger partial charge is 0.138 e. The summed E-state index contributed by atoms with van der Waals surface area (Å²) in [7, 11) is 0. The van der Waals surface area contributed by atoms with Crippen molar-refractivity contribution in [3.63, 3.8) is 0 Å².